The first-order valence-corrected chi connectivity index (χ1v) is 7.87. The van der Waals surface area contributed by atoms with Crippen LogP contribution in [0.2, 0.25) is 0 Å². The summed E-state index contributed by atoms with van der Waals surface area (Å²) in [5.74, 6) is 2.10. The Labute approximate surface area is 126 Å². The normalized spacial score (nSPS) is 17.1. The second kappa shape index (κ2) is 6.20. The summed E-state index contributed by atoms with van der Waals surface area (Å²) >= 11 is 0. The van der Waals surface area contributed by atoms with Crippen LogP contribution in [0, 0.1) is 0 Å². The predicted octanol–water partition coefficient (Wildman–Crippen LogP) is 3.64. The number of nitrogens with one attached hydrogen (secondary N) is 1. The van der Waals surface area contributed by atoms with Gasteiger partial charge in [0.05, 0.1) is 18.3 Å². The molecule has 1 N–H and O–H groups in total. The molecule has 3 rings (SSSR count). The maximum atomic E-state index is 5.80. The van der Waals surface area contributed by atoms with E-state index in [1.54, 1.807) is 0 Å². The maximum Gasteiger partial charge on any atom is 0.125 e. The van der Waals surface area contributed by atoms with E-state index >= 15 is 0 Å². The van der Waals surface area contributed by atoms with Gasteiger partial charge in [-0.1, -0.05) is 31.5 Å². The monoisotopic (exact) mass is 285 g/mol. The minimum atomic E-state index is 0.259. The molecule has 1 aliphatic rings. The Morgan fingerprint density at radius 1 is 1.33 bits per heavy atom. The fourth-order valence-corrected chi connectivity index (χ4v) is 2.98. The molecule has 2 aromatic rings. The first kappa shape index (κ1) is 14.0. The lowest BCUT2D eigenvalue weighted by Crippen LogP contribution is -2.24. The number of para-hydroxylation sites is 1. The van der Waals surface area contributed by atoms with Gasteiger partial charge in [0.2, 0.25) is 0 Å². The zero-order valence-corrected chi connectivity index (χ0v) is 12.8. The van der Waals surface area contributed by atoms with Crippen LogP contribution in [0.1, 0.15) is 44.0 Å². The minimum Gasteiger partial charge on any atom is -0.494 e. The summed E-state index contributed by atoms with van der Waals surface area (Å²) < 4.78 is 7.93. The Kier molecular flexibility index (Phi) is 4.13. The number of aromatic nitrogens is 2. The van der Waals surface area contributed by atoms with Crippen LogP contribution in [0.25, 0.3) is 0 Å². The summed E-state index contributed by atoms with van der Waals surface area (Å²) in [5, 5.41) is 8.25. The average molecular weight is 285 g/mol. The van der Waals surface area contributed by atoms with Gasteiger partial charge >= 0.3 is 0 Å². The summed E-state index contributed by atoms with van der Waals surface area (Å²) in [6.45, 7) is 5.88. The zero-order chi connectivity index (χ0) is 14.7. The van der Waals surface area contributed by atoms with E-state index in [2.05, 4.69) is 41.2 Å². The number of aryl methyl sites for hydroxylation is 1. The van der Waals surface area contributed by atoms with Crippen molar-refractivity contribution >= 4 is 5.82 Å². The SMILES string of the molecule is CCCc1cc2n(n1)C(c1ccccc1OCC)CCN2. The van der Waals surface area contributed by atoms with Gasteiger partial charge in [-0.05, 0) is 25.8 Å². The van der Waals surface area contributed by atoms with Gasteiger partial charge in [-0.25, -0.2) is 4.68 Å². The lowest BCUT2D eigenvalue weighted by molar-refractivity contribution is 0.328. The Balaban J connectivity index is 1.98. The maximum absolute atomic E-state index is 5.80. The van der Waals surface area contributed by atoms with E-state index in [-0.39, 0.29) is 6.04 Å². The average Bonchev–Trinajstić information content (AvgIpc) is 2.91. The third-order valence-electron chi connectivity index (χ3n) is 3.89. The van der Waals surface area contributed by atoms with Gasteiger partial charge in [0, 0.05) is 18.2 Å². The summed E-state index contributed by atoms with van der Waals surface area (Å²) in [6, 6.07) is 10.8. The number of ether oxygens (including phenoxy) is 1. The second-order valence-electron chi connectivity index (χ2n) is 5.42. The quantitative estimate of drug-likeness (QED) is 0.911. The Hall–Kier alpha value is -1.97. The molecule has 0 aliphatic carbocycles. The van der Waals surface area contributed by atoms with E-state index in [4.69, 9.17) is 9.84 Å². The molecule has 1 aromatic carbocycles. The van der Waals surface area contributed by atoms with Crippen molar-refractivity contribution in [3.8, 4) is 5.75 Å². The Morgan fingerprint density at radius 3 is 3.00 bits per heavy atom. The Morgan fingerprint density at radius 2 is 2.19 bits per heavy atom. The number of nitrogens with zero attached hydrogens (tertiary/aromatic N) is 2. The molecule has 0 bridgehead atoms. The van der Waals surface area contributed by atoms with Crippen molar-refractivity contribution in [2.75, 3.05) is 18.5 Å². The van der Waals surface area contributed by atoms with Gasteiger partial charge < -0.3 is 10.1 Å². The highest BCUT2D eigenvalue weighted by molar-refractivity contribution is 5.44. The first-order valence-electron chi connectivity index (χ1n) is 7.87. The smallest absolute Gasteiger partial charge is 0.125 e. The lowest BCUT2D eigenvalue weighted by atomic mass is 10.0. The molecule has 0 radical (unpaired) electrons. The van der Waals surface area contributed by atoms with Crippen LogP contribution in [-0.4, -0.2) is 22.9 Å². The number of hydrogen-bond acceptors (Lipinski definition) is 3. The molecule has 1 aliphatic heterocycles. The summed E-state index contributed by atoms with van der Waals surface area (Å²) in [7, 11) is 0. The summed E-state index contributed by atoms with van der Waals surface area (Å²) in [5.41, 5.74) is 2.40. The number of fused-ring (bicyclic) bond motifs is 1. The van der Waals surface area contributed by atoms with Gasteiger partial charge in [-0.2, -0.15) is 5.10 Å². The van der Waals surface area contributed by atoms with E-state index in [9.17, 15) is 0 Å². The number of rotatable bonds is 5. The van der Waals surface area contributed by atoms with Crippen LogP contribution in [-0.2, 0) is 6.42 Å². The van der Waals surface area contributed by atoms with Crippen molar-refractivity contribution < 1.29 is 4.74 Å². The topological polar surface area (TPSA) is 39.1 Å². The molecular weight excluding hydrogens is 262 g/mol. The lowest BCUT2D eigenvalue weighted by Gasteiger charge is -2.27. The molecule has 1 atom stereocenters. The van der Waals surface area contributed by atoms with Crippen LogP contribution < -0.4 is 10.1 Å². The Bertz CT molecular complexity index is 606. The number of benzene rings is 1. The van der Waals surface area contributed by atoms with Crippen molar-refractivity contribution in [3.63, 3.8) is 0 Å². The molecule has 1 unspecified atom stereocenters. The van der Waals surface area contributed by atoms with Crippen LogP contribution in [0.3, 0.4) is 0 Å². The summed E-state index contributed by atoms with van der Waals surface area (Å²) in [6.07, 6.45) is 3.18. The highest BCUT2D eigenvalue weighted by Crippen LogP contribution is 2.35. The third kappa shape index (κ3) is 2.75. The molecule has 2 heterocycles. The van der Waals surface area contributed by atoms with Crippen molar-refractivity contribution in [1.29, 1.82) is 0 Å². The molecule has 0 amide bonds. The standard InChI is InChI=1S/C17H23N3O/c1-3-7-13-12-17-18-11-10-15(20(17)19-13)14-8-5-6-9-16(14)21-4-2/h5-6,8-9,12,15,18H,3-4,7,10-11H2,1-2H3. The highest BCUT2D eigenvalue weighted by atomic mass is 16.5. The fourth-order valence-electron chi connectivity index (χ4n) is 2.98. The third-order valence-corrected chi connectivity index (χ3v) is 3.89. The van der Waals surface area contributed by atoms with Crippen molar-refractivity contribution in [1.82, 2.24) is 9.78 Å². The van der Waals surface area contributed by atoms with Crippen LogP contribution >= 0.6 is 0 Å². The molecule has 112 valence electrons. The van der Waals surface area contributed by atoms with Crippen LogP contribution in [0.15, 0.2) is 30.3 Å². The van der Waals surface area contributed by atoms with Crippen molar-refractivity contribution in [2.24, 2.45) is 0 Å². The van der Waals surface area contributed by atoms with Crippen LogP contribution in [0.5, 0.6) is 5.75 Å². The predicted molar refractivity (Wildman–Crippen MR) is 85.1 cm³/mol. The molecule has 0 saturated carbocycles. The molecule has 1 aromatic heterocycles. The van der Waals surface area contributed by atoms with Crippen LogP contribution in [0.4, 0.5) is 5.82 Å². The summed E-state index contributed by atoms with van der Waals surface area (Å²) in [4.78, 5) is 0. The van der Waals surface area contributed by atoms with E-state index in [0.717, 1.165) is 37.4 Å². The van der Waals surface area contributed by atoms with Gasteiger partial charge in [0.25, 0.3) is 0 Å². The van der Waals surface area contributed by atoms with E-state index in [1.807, 2.05) is 13.0 Å². The van der Waals surface area contributed by atoms with Crippen molar-refractivity contribution in [2.45, 2.75) is 39.2 Å². The fraction of sp³-hybridized carbons (Fsp3) is 0.471. The molecule has 4 nitrogen and oxygen atoms in total. The largest absolute Gasteiger partial charge is 0.494 e. The second-order valence-corrected chi connectivity index (χ2v) is 5.42. The number of hydrogen-bond donors (Lipinski definition) is 1. The highest BCUT2D eigenvalue weighted by Gasteiger charge is 2.25. The zero-order valence-electron chi connectivity index (χ0n) is 12.8. The molecule has 0 spiro atoms. The number of anilines is 1. The molecule has 4 heteroatoms. The van der Waals surface area contributed by atoms with Gasteiger partial charge in [-0.15, -0.1) is 0 Å². The van der Waals surface area contributed by atoms with Gasteiger partial charge in [0.1, 0.15) is 11.6 Å². The van der Waals surface area contributed by atoms with E-state index in [0.29, 0.717) is 6.61 Å². The van der Waals surface area contributed by atoms with E-state index < -0.39 is 0 Å². The molecule has 21 heavy (non-hydrogen) atoms. The minimum absolute atomic E-state index is 0.259. The van der Waals surface area contributed by atoms with E-state index in [1.165, 1.54) is 11.3 Å². The van der Waals surface area contributed by atoms with Crippen molar-refractivity contribution in [3.05, 3.63) is 41.6 Å². The first-order chi connectivity index (χ1) is 10.3. The van der Waals surface area contributed by atoms with Gasteiger partial charge in [0.15, 0.2) is 0 Å². The molecule has 0 fully saturated rings. The van der Waals surface area contributed by atoms with Gasteiger partial charge in [-0.3, -0.25) is 0 Å². The molecule has 0 saturated heterocycles. The molecular formula is C17H23N3O.